The second-order valence-corrected chi connectivity index (χ2v) is 3.94. The number of ether oxygens (including phenoxy) is 1. The summed E-state index contributed by atoms with van der Waals surface area (Å²) in [6.07, 6.45) is -4.25. The highest BCUT2D eigenvalue weighted by Crippen LogP contribution is 2.28. The highest BCUT2D eigenvalue weighted by Gasteiger charge is 2.49. The molecule has 0 atom stereocenters. The normalized spacial score (nSPS) is 11.3. The fourth-order valence-corrected chi connectivity index (χ4v) is 1.26. The number of primary amides is 1. The molecule has 1 aromatic carbocycles. The number of alkyl halides is 4. The summed E-state index contributed by atoms with van der Waals surface area (Å²) in [5.74, 6) is -7.65. The van der Waals surface area contributed by atoms with Gasteiger partial charge < -0.3 is 15.8 Å². The van der Waals surface area contributed by atoms with Crippen molar-refractivity contribution in [1.29, 1.82) is 0 Å². The van der Waals surface area contributed by atoms with Crippen LogP contribution in [0.3, 0.4) is 0 Å². The molecule has 0 aliphatic carbocycles. The quantitative estimate of drug-likeness (QED) is 0.753. The number of carbonyl (C=O) groups is 2. The first kappa shape index (κ1) is 16.7. The zero-order valence-corrected chi connectivity index (χ0v) is 10.6. The Bertz CT molecular complexity index is 523. The van der Waals surface area contributed by atoms with E-state index in [1.165, 1.54) is 24.3 Å². The summed E-state index contributed by atoms with van der Waals surface area (Å²) in [4.78, 5) is 21.7. The van der Waals surface area contributed by atoms with Gasteiger partial charge in [-0.3, -0.25) is 9.59 Å². The number of para-hydroxylation sites is 2. The van der Waals surface area contributed by atoms with Gasteiger partial charge in [-0.25, -0.2) is 8.78 Å². The zero-order valence-electron chi connectivity index (χ0n) is 10.6. The molecule has 21 heavy (non-hydrogen) atoms. The lowest BCUT2D eigenvalue weighted by Crippen LogP contribution is -2.41. The lowest BCUT2D eigenvalue weighted by atomic mass is 10.2. The SMILES string of the molecule is NC(=O)CCOc1ccccc1NC(=O)C(F)(F)C(F)F. The van der Waals surface area contributed by atoms with Gasteiger partial charge in [-0.05, 0) is 12.1 Å². The van der Waals surface area contributed by atoms with Crippen LogP contribution < -0.4 is 15.8 Å². The molecular weight excluding hydrogens is 296 g/mol. The maximum Gasteiger partial charge on any atom is 0.383 e. The number of nitrogens with two attached hydrogens (primary N) is 1. The monoisotopic (exact) mass is 308 g/mol. The van der Waals surface area contributed by atoms with Gasteiger partial charge in [0.15, 0.2) is 0 Å². The molecular formula is C12H12F4N2O3. The maximum absolute atomic E-state index is 12.9. The van der Waals surface area contributed by atoms with Crippen molar-refractivity contribution in [2.75, 3.05) is 11.9 Å². The molecule has 9 heteroatoms. The van der Waals surface area contributed by atoms with Crippen LogP contribution in [0.2, 0.25) is 0 Å². The summed E-state index contributed by atoms with van der Waals surface area (Å²) in [5, 5.41) is 1.66. The Morgan fingerprint density at radius 2 is 1.90 bits per heavy atom. The van der Waals surface area contributed by atoms with Gasteiger partial charge >= 0.3 is 18.3 Å². The van der Waals surface area contributed by atoms with Crippen molar-refractivity contribution in [3.63, 3.8) is 0 Å². The van der Waals surface area contributed by atoms with E-state index in [1.54, 1.807) is 5.32 Å². The number of nitrogens with one attached hydrogen (secondary N) is 1. The number of carbonyl (C=O) groups excluding carboxylic acids is 2. The molecule has 0 aliphatic heterocycles. The molecule has 3 N–H and O–H groups in total. The molecule has 0 spiro atoms. The van der Waals surface area contributed by atoms with Gasteiger partial charge in [0.2, 0.25) is 5.91 Å². The summed E-state index contributed by atoms with van der Waals surface area (Å²) >= 11 is 0. The Labute approximate surface area is 117 Å². The highest BCUT2D eigenvalue weighted by atomic mass is 19.3. The van der Waals surface area contributed by atoms with E-state index in [2.05, 4.69) is 0 Å². The number of hydrogen-bond donors (Lipinski definition) is 2. The maximum atomic E-state index is 12.9. The van der Waals surface area contributed by atoms with Gasteiger partial charge in [0.25, 0.3) is 0 Å². The average Bonchev–Trinajstić information content (AvgIpc) is 2.40. The minimum Gasteiger partial charge on any atom is -0.491 e. The molecule has 0 saturated heterocycles. The first-order chi connectivity index (χ1) is 9.75. The van der Waals surface area contributed by atoms with Crippen LogP contribution in [0.5, 0.6) is 5.75 Å². The minimum absolute atomic E-state index is 0.0443. The summed E-state index contributed by atoms with van der Waals surface area (Å²) in [6.45, 7) is -0.145. The van der Waals surface area contributed by atoms with Crippen molar-refractivity contribution in [2.24, 2.45) is 5.73 Å². The van der Waals surface area contributed by atoms with E-state index in [1.807, 2.05) is 0 Å². The molecule has 0 heterocycles. The molecule has 5 nitrogen and oxygen atoms in total. The van der Waals surface area contributed by atoms with Crippen LogP contribution in [-0.4, -0.2) is 30.8 Å². The fraction of sp³-hybridized carbons (Fsp3) is 0.333. The van der Waals surface area contributed by atoms with E-state index < -0.39 is 24.2 Å². The van der Waals surface area contributed by atoms with E-state index in [0.717, 1.165) is 0 Å². The Kier molecular flexibility index (Phi) is 5.51. The first-order valence-corrected chi connectivity index (χ1v) is 5.72. The summed E-state index contributed by atoms with van der Waals surface area (Å²) in [6, 6.07) is 5.37. The summed E-state index contributed by atoms with van der Waals surface area (Å²) in [7, 11) is 0. The Morgan fingerprint density at radius 1 is 1.29 bits per heavy atom. The molecule has 116 valence electrons. The molecule has 2 amide bonds. The Hall–Kier alpha value is -2.32. The lowest BCUT2D eigenvalue weighted by molar-refractivity contribution is -0.163. The van der Waals surface area contributed by atoms with Crippen LogP contribution in [0.4, 0.5) is 23.2 Å². The van der Waals surface area contributed by atoms with Crippen LogP contribution in [-0.2, 0) is 9.59 Å². The van der Waals surface area contributed by atoms with Crippen LogP contribution in [0.25, 0.3) is 0 Å². The minimum atomic E-state index is -4.82. The molecule has 1 aromatic rings. The van der Waals surface area contributed by atoms with Crippen LogP contribution in [0.1, 0.15) is 6.42 Å². The number of amides is 2. The molecule has 0 radical (unpaired) electrons. The molecule has 0 bridgehead atoms. The van der Waals surface area contributed by atoms with Gasteiger partial charge in [0, 0.05) is 0 Å². The van der Waals surface area contributed by atoms with Gasteiger partial charge in [-0.1, -0.05) is 12.1 Å². The number of hydrogen-bond acceptors (Lipinski definition) is 3. The van der Waals surface area contributed by atoms with Crippen molar-refractivity contribution in [2.45, 2.75) is 18.8 Å². The third-order valence-electron chi connectivity index (χ3n) is 2.32. The van der Waals surface area contributed by atoms with Crippen LogP contribution >= 0.6 is 0 Å². The van der Waals surface area contributed by atoms with Crippen molar-refractivity contribution < 1.29 is 31.9 Å². The number of halogens is 4. The van der Waals surface area contributed by atoms with E-state index in [4.69, 9.17) is 10.5 Å². The third kappa shape index (κ3) is 4.62. The van der Waals surface area contributed by atoms with Gasteiger partial charge in [-0.15, -0.1) is 0 Å². The topological polar surface area (TPSA) is 81.4 Å². The molecule has 0 unspecified atom stereocenters. The van der Waals surface area contributed by atoms with E-state index in [9.17, 15) is 27.2 Å². The largest absolute Gasteiger partial charge is 0.491 e. The standard InChI is InChI=1S/C12H12F4N2O3/c13-10(14)12(15,16)11(20)18-7-3-1-2-4-8(7)21-6-5-9(17)19/h1-4,10H,5-6H2,(H2,17,19)(H,18,20). The van der Waals surface area contributed by atoms with Crippen molar-refractivity contribution in [1.82, 2.24) is 0 Å². The van der Waals surface area contributed by atoms with E-state index >= 15 is 0 Å². The van der Waals surface area contributed by atoms with Crippen LogP contribution in [0, 0.1) is 0 Å². The summed E-state index contributed by atoms with van der Waals surface area (Å²) < 4.78 is 54.9. The molecule has 0 fully saturated rings. The second kappa shape index (κ2) is 6.91. The first-order valence-electron chi connectivity index (χ1n) is 5.72. The predicted molar refractivity (Wildman–Crippen MR) is 65.3 cm³/mol. The second-order valence-electron chi connectivity index (χ2n) is 3.94. The molecule has 0 aliphatic rings. The third-order valence-corrected chi connectivity index (χ3v) is 2.32. The Morgan fingerprint density at radius 3 is 2.48 bits per heavy atom. The number of anilines is 1. The average molecular weight is 308 g/mol. The van der Waals surface area contributed by atoms with Crippen LogP contribution in [0.15, 0.2) is 24.3 Å². The highest BCUT2D eigenvalue weighted by molar-refractivity contribution is 5.97. The lowest BCUT2D eigenvalue weighted by Gasteiger charge is -2.16. The molecule has 1 rings (SSSR count). The van der Waals surface area contributed by atoms with Crippen molar-refractivity contribution >= 4 is 17.5 Å². The van der Waals surface area contributed by atoms with Gasteiger partial charge in [-0.2, -0.15) is 8.78 Å². The number of benzene rings is 1. The summed E-state index contributed by atoms with van der Waals surface area (Å²) in [5.41, 5.74) is 4.68. The Balaban J connectivity index is 2.79. The fourth-order valence-electron chi connectivity index (χ4n) is 1.26. The smallest absolute Gasteiger partial charge is 0.383 e. The van der Waals surface area contributed by atoms with Crippen molar-refractivity contribution in [3.05, 3.63) is 24.3 Å². The predicted octanol–water partition coefficient (Wildman–Crippen LogP) is 1.78. The van der Waals surface area contributed by atoms with Gasteiger partial charge in [0.1, 0.15) is 5.75 Å². The van der Waals surface area contributed by atoms with Crippen molar-refractivity contribution in [3.8, 4) is 5.75 Å². The van der Waals surface area contributed by atoms with E-state index in [-0.39, 0.29) is 24.5 Å². The molecule has 0 saturated carbocycles. The molecule has 0 aromatic heterocycles. The van der Waals surface area contributed by atoms with Gasteiger partial charge in [0.05, 0.1) is 18.7 Å². The zero-order chi connectivity index (χ0) is 16.0. The van der Waals surface area contributed by atoms with E-state index in [0.29, 0.717) is 0 Å². The number of rotatable bonds is 7.